The van der Waals surface area contributed by atoms with Crippen LogP contribution in [0.1, 0.15) is 46.0 Å². The molecule has 0 aliphatic heterocycles. The lowest BCUT2D eigenvalue weighted by molar-refractivity contribution is -0.000939. The predicted molar refractivity (Wildman–Crippen MR) is 65.1 cm³/mol. The van der Waals surface area contributed by atoms with E-state index in [9.17, 15) is 0 Å². The van der Waals surface area contributed by atoms with Crippen molar-refractivity contribution in [3.05, 3.63) is 0 Å². The van der Waals surface area contributed by atoms with Gasteiger partial charge in [-0.25, -0.2) is 0 Å². The number of hydrogen-bond acceptors (Lipinski definition) is 3. The lowest BCUT2D eigenvalue weighted by Gasteiger charge is -2.31. The summed E-state index contributed by atoms with van der Waals surface area (Å²) < 4.78 is 5.91. The van der Waals surface area contributed by atoms with Gasteiger partial charge in [-0.1, -0.05) is 12.8 Å². The van der Waals surface area contributed by atoms with Crippen molar-refractivity contribution >= 4 is 0 Å². The molecular formula is C13H24N2O. The van der Waals surface area contributed by atoms with Gasteiger partial charge in [0.25, 0.3) is 0 Å². The maximum absolute atomic E-state index is 8.91. The Morgan fingerprint density at radius 1 is 1.38 bits per heavy atom. The van der Waals surface area contributed by atoms with E-state index >= 15 is 0 Å². The summed E-state index contributed by atoms with van der Waals surface area (Å²) in [6.07, 6.45) is 6.09. The highest BCUT2D eigenvalue weighted by molar-refractivity contribution is 4.91. The molecule has 0 aromatic heterocycles. The first-order valence-electron chi connectivity index (χ1n) is 6.29. The van der Waals surface area contributed by atoms with Gasteiger partial charge >= 0.3 is 0 Å². The average Bonchev–Trinajstić information content (AvgIpc) is 2.29. The fourth-order valence-corrected chi connectivity index (χ4v) is 2.15. The molecule has 0 amide bonds. The highest BCUT2D eigenvalue weighted by atomic mass is 16.5. The number of nitrogens with zero attached hydrogens (tertiary/aromatic N) is 1. The molecule has 0 heterocycles. The Hall–Kier alpha value is -0.590. The first-order valence-corrected chi connectivity index (χ1v) is 6.29. The quantitative estimate of drug-likeness (QED) is 0.780. The largest absolute Gasteiger partial charge is 0.377 e. The predicted octanol–water partition coefficient (Wildman–Crippen LogP) is 2.47. The third-order valence-electron chi connectivity index (χ3n) is 3.43. The fraction of sp³-hybridized carbons (Fsp3) is 0.923. The summed E-state index contributed by atoms with van der Waals surface area (Å²) >= 11 is 0. The fourth-order valence-electron chi connectivity index (χ4n) is 2.15. The maximum atomic E-state index is 8.91. The molecule has 0 saturated heterocycles. The summed E-state index contributed by atoms with van der Waals surface area (Å²) in [5.41, 5.74) is -0.260. The Balaban J connectivity index is 2.28. The van der Waals surface area contributed by atoms with Crippen molar-refractivity contribution in [3.8, 4) is 6.07 Å². The van der Waals surface area contributed by atoms with E-state index < -0.39 is 0 Å². The molecule has 2 unspecified atom stereocenters. The van der Waals surface area contributed by atoms with Crippen LogP contribution in [0.3, 0.4) is 0 Å². The molecule has 1 aliphatic carbocycles. The maximum Gasteiger partial charge on any atom is 0.0727 e. The minimum atomic E-state index is -0.260. The molecule has 1 aliphatic rings. The van der Waals surface area contributed by atoms with Gasteiger partial charge in [-0.15, -0.1) is 0 Å². The highest BCUT2D eigenvalue weighted by Crippen LogP contribution is 2.23. The molecule has 3 heteroatoms. The van der Waals surface area contributed by atoms with Crippen LogP contribution in [0.15, 0.2) is 0 Å². The Bertz CT molecular complexity index is 245. The van der Waals surface area contributed by atoms with Crippen LogP contribution in [0.5, 0.6) is 0 Å². The number of hydrogen-bond donors (Lipinski definition) is 1. The molecule has 3 nitrogen and oxygen atoms in total. The zero-order valence-corrected chi connectivity index (χ0v) is 10.8. The van der Waals surface area contributed by atoms with Gasteiger partial charge in [-0.3, -0.25) is 0 Å². The van der Waals surface area contributed by atoms with Crippen molar-refractivity contribution < 1.29 is 4.74 Å². The third-order valence-corrected chi connectivity index (χ3v) is 3.43. The first-order chi connectivity index (χ1) is 7.59. The number of nitriles is 1. The molecule has 0 radical (unpaired) electrons. The molecule has 1 N–H and O–H groups in total. The number of rotatable bonds is 5. The van der Waals surface area contributed by atoms with Crippen molar-refractivity contribution in [2.45, 2.75) is 58.1 Å². The van der Waals surface area contributed by atoms with Gasteiger partial charge in [-0.2, -0.15) is 5.26 Å². The normalized spacial score (nSPS) is 26.4. The smallest absolute Gasteiger partial charge is 0.0727 e. The molecule has 1 saturated carbocycles. The molecule has 1 fully saturated rings. The summed E-state index contributed by atoms with van der Waals surface area (Å²) in [6, 6.07) is 2.81. The molecule has 0 aromatic carbocycles. The summed E-state index contributed by atoms with van der Waals surface area (Å²) in [4.78, 5) is 0. The SMILES string of the molecule is CNC1CCCCC1OCCC(C)(C)C#N. The second-order valence-electron chi connectivity index (χ2n) is 5.33. The van der Waals surface area contributed by atoms with E-state index in [4.69, 9.17) is 10.00 Å². The number of likely N-dealkylation sites (N-methyl/N-ethyl adjacent to an activating group) is 1. The van der Waals surface area contributed by atoms with Gasteiger partial charge in [0.15, 0.2) is 0 Å². The Morgan fingerprint density at radius 3 is 2.69 bits per heavy atom. The van der Waals surface area contributed by atoms with Crippen molar-refractivity contribution in [2.24, 2.45) is 5.41 Å². The summed E-state index contributed by atoms with van der Waals surface area (Å²) in [7, 11) is 2.01. The lowest BCUT2D eigenvalue weighted by atomic mass is 9.91. The second-order valence-corrected chi connectivity index (χ2v) is 5.33. The van der Waals surface area contributed by atoms with Crippen molar-refractivity contribution in [1.82, 2.24) is 5.32 Å². The third kappa shape index (κ3) is 4.11. The molecular weight excluding hydrogens is 200 g/mol. The monoisotopic (exact) mass is 224 g/mol. The molecule has 0 bridgehead atoms. The van der Waals surface area contributed by atoms with E-state index in [2.05, 4.69) is 11.4 Å². The Labute approximate surface area is 99.2 Å². The molecule has 92 valence electrons. The Morgan fingerprint density at radius 2 is 2.06 bits per heavy atom. The molecule has 16 heavy (non-hydrogen) atoms. The van der Waals surface area contributed by atoms with E-state index in [0.29, 0.717) is 18.8 Å². The van der Waals surface area contributed by atoms with Crippen LogP contribution >= 0.6 is 0 Å². The molecule has 0 spiro atoms. The van der Waals surface area contributed by atoms with Crippen LogP contribution in [0.25, 0.3) is 0 Å². The van der Waals surface area contributed by atoms with Gasteiger partial charge < -0.3 is 10.1 Å². The zero-order chi connectivity index (χ0) is 12.0. The van der Waals surface area contributed by atoms with Gasteiger partial charge in [0.05, 0.1) is 17.6 Å². The molecule has 0 aromatic rings. The van der Waals surface area contributed by atoms with E-state index in [-0.39, 0.29) is 5.41 Å². The van der Waals surface area contributed by atoms with Crippen LogP contribution in [0.2, 0.25) is 0 Å². The Kier molecular flexibility index (Phi) is 5.24. The minimum Gasteiger partial charge on any atom is -0.377 e. The van der Waals surface area contributed by atoms with Crippen LogP contribution in [0.4, 0.5) is 0 Å². The average molecular weight is 224 g/mol. The lowest BCUT2D eigenvalue weighted by Crippen LogP contribution is -2.42. The van der Waals surface area contributed by atoms with E-state index in [1.807, 2.05) is 20.9 Å². The molecule has 1 rings (SSSR count). The topological polar surface area (TPSA) is 45.0 Å². The van der Waals surface area contributed by atoms with Crippen LogP contribution in [-0.4, -0.2) is 25.8 Å². The first kappa shape index (κ1) is 13.5. The second kappa shape index (κ2) is 6.22. The number of ether oxygens (including phenoxy) is 1. The zero-order valence-electron chi connectivity index (χ0n) is 10.8. The van der Waals surface area contributed by atoms with E-state index in [1.165, 1.54) is 19.3 Å². The summed E-state index contributed by atoms with van der Waals surface area (Å²) in [5.74, 6) is 0. The van der Waals surface area contributed by atoms with Gasteiger partial charge in [0.1, 0.15) is 0 Å². The summed E-state index contributed by atoms with van der Waals surface area (Å²) in [6.45, 7) is 4.63. The summed E-state index contributed by atoms with van der Waals surface area (Å²) in [5, 5.41) is 12.2. The van der Waals surface area contributed by atoms with Crippen molar-refractivity contribution in [3.63, 3.8) is 0 Å². The van der Waals surface area contributed by atoms with Crippen LogP contribution < -0.4 is 5.32 Å². The van der Waals surface area contributed by atoms with Gasteiger partial charge in [0, 0.05) is 12.6 Å². The van der Waals surface area contributed by atoms with Gasteiger partial charge in [-0.05, 0) is 40.2 Å². The standard InChI is InChI=1S/C13H24N2O/c1-13(2,10-14)8-9-16-12-7-5-4-6-11(12)15-3/h11-12,15H,4-9H2,1-3H3. The highest BCUT2D eigenvalue weighted by Gasteiger charge is 2.25. The van der Waals surface area contributed by atoms with Gasteiger partial charge in [0.2, 0.25) is 0 Å². The van der Waals surface area contributed by atoms with E-state index in [1.54, 1.807) is 0 Å². The molecule has 2 atom stereocenters. The van der Waals surface area contributed by atoms with E-state index in [0.717, 1.165) is 12.8 Å². The van der Waals surface area contributed by atoms with Crippen molar-refractivity contribution in [2.75, 3.05) is 13.7 Å². The minimum absolute atomic E-state index is 0.260. The van der Waals surface area contributed by atoms with Crippen molar-refractivity contribution in [1.29, 1.82) is 5.26 Å². The number of nitrogens with one attached hydrogen (secondary N) is 1. The van der Waals surface area contributed by atoms with Crippen LogP contribution in [0, 0.1) is 16.7 Å². The van der Waals surface area contributed by atoms with Crippen LogP contribution in [-0.2, 0) is 4.74 Å².